The summed E-state index contributed by atoms with van der Waals surface area (Å²) in [5.74, 6) is -5.01. The van der Waals surface area contributed by atoms with Gasteiger partial charge in [-0.05, 0) is 30.2 Å². The number of imide groups is 2. The van der Waals surface area contributed by atoms with Crippen molar-refractivity contribution in [3.63, 3.8) is 0 Å². The zero-order valence-electron chi connectivity index (χ0n) is 21.9. The van der Waals surface area contributed by atoms with Crippen LogP contribution < -0.4 is 9.47 Å². The van der Waals surface area contributed by atoms with Gasteiger partial charge in [0.15, 0.2) is 9.75 Å². The SMILES string of the molecule is COc1cc(O)cc(OC)c1C1C2=CCC3C(=O)N(Cc4cccs4)C(=O)C3C2CC2(Cl)C(=O)N(CBr)C(=O)C12Cl. The molecule has 1 aromatic heterocycles. The highest BCUT2D eigenvalue weighted by Gasteiger charge is 2.76. The van der Waals surface area contributed by atoms with Crippen LogP contribution in [0.15, 0.2) is 41.3 Å². The fraction of sp³-hybridized carbons (Fsp3) is 0.429. The predicted molar refractivity (Wildman–Crippen MR) is 154 cm³/mol. The third kappa shape index (κ3) is 3.78. The number of carbonyl (C=O) groups is 4. The molecule has 6 unspecified atom stereocenters. The lowest BCUT2D eigenvalue weighted by Crippen LogP contribution is -2.60. The van der Waals surface area contributed by atoms with Crippen molar-refractivity contribution in [2.45, 2.75) is 35.1 Å². The molecule has 2 aliphatic carbocycles. The van der Waals surface area contributed by atoms with Crippen LogP contribution in [0.3, 0.4) is 0 Å². The van der Waals surface area contributed by atoms with Crippen molar-refractivity contribution in [3.8, 4) is 17.2 Å². The summed E-state index contributed by atoms with van der Waals surface area (Å²) in [4.78, 5) is 54.4. The zero-order chi connectivity index (χ0) is 29.4. The Bertz CT molecular complexity index is 1490. The Hall–Kier alpha value is -2.60. The first-order chi connectivity index (χ1) is 19.5. The zero-order valence-corrected chi connectivity index (χ0v) is 25.8. The highest BCUT2D eigenvalue weighted by Crippen LogP contribution is 2.67. The van der Waals surface area contributed by atoms with Crippen LogP contribution in [0.5, 0.6) is 17.2 Å². The number of phenols is 1. The van der Waals surface area contributed by atoms with Gasteiger partial charge in [0.1, 0.15) is 17.2 Å². The molecule has 4 amide bonds. The molecule has 6 atom stereocenters. The number of thiophene rings is 1. The van der Waals surface area contributed by atoms with Crippen molar-refractivity contribution in [2.24, 2.45) is 17.8 Å². The number of rotatable bonds is 6. The lowest BCUT2D eigenvalue weighted by atomic mass is 9.56. The monoisotopic (exact) mass is 682 g/mol. The summed E-state index contributed by atoms with van der Waals surface area (Å²) < 4.78 is 11.3. The van der Waals surface area contributed by atoms with Crippen molar-refractivity contribution in [2.75, 3.05) is 19.7 Å². The van der Waals surface area contributed by atoms with Crippen molar-refractivity contribution < 1.29 is 33.8 Å². The van der Waals surface area contributed by atoms with Gasteiger partial charge in [0, 0.05) is 28.5 Å². The molecule has 0 bridgehead atoms. The topological polar surface area (TPSA) is 113 Å². The number of fused-ring (bicyclic) bond motifs is 4. The Morgan fingerprint density at radius 2 is 1.73 bits per heavy atom. The number of phenolic OH excluding ortho intramolecular Hbond substituents is 1. The van der Waals surface area contributed by atoms with E-state index in [0.717, 1.165) is 9.78 Å². The van der Waals surface area contributed by atoms with E-state index in [-0.39, 0.29) is 53.9 Å². The lowest BCUT2D eigenvalue weighted by molar-refractivity contribution is -0.141. The van der Waals surface area contributed by atoms with Crippen molar-refractivity contribution in [1.29, 1.82) is 0 Å². The summed E-state index contributed by atoms with van der Waals surface area (Å²) in [7, 11) is 2.79. The molecular weight excluding hydrogens is 659 g/mol. The van der Waals surface area contributed by atoms with Crippen LogP contribution in [0, 0.1) is 17.8 Å². The van der Waals surface area contributed by atoms with Crippen molar-refractivity contribution >= 4 is 74.1 Å². The molecule has 0 radical (unpaired) electrons. The Kier molecular flexibility index (Phi) is 6.95. The number of alkyl halides is 3. The maximum Gasteiger partial charge on any atom is 0.254 e. The van der Waals surface area contributed by atoms with E-state index < -0.39 is 45.2 Å². The summed E-state index contributed by atoms with van der Waals surface area (Å²) in [6.07, 6.45) is 1.97. The van der Waals surface area contributed by atoms with Crippen LogP contribution >= 0.6 is 50.5 Å². The van der Waals surface area contributed by atoms with Gasteiger partial charge in [-0.3, -0.25) is 29.0 Å². The fourth-order valence-electron chi connectivity index (χ4n) is 7.06. The van der Waals surface area contributed by atoms with E-state index in [2.05, 4.69) is 15.9 Å². The van der Waals surface area contributed by atoms with Crippen LogP contribution in [-0.2, 0) is 25.7 Å². The molecule has 2 aliphatic heterocycles. The molecule has 4 aliphatic rings. The molecule has 216 valence electrons. The molecule has 2 saturated heterocycles. The molecule has 0 spiro atoms. The number of allylic oxidation sites excluding steroid dienone is 2. The molecule has 1 aromatic carbocycles. The molecule has 41 heavy (non-hydrogen) atoms. The first-order valence-corrected chi connectivity index (χ1v) is 15.6. The maximum absolute atomic E-state index is 14.0. The number of hydrogen-bond acceptors (Lipinski definition) is 8. The number of likely N-dealkylation sites (tertiary alicyclic amines) is 2. The molecular formula is C28H25BrCl2N2O7S. The number of aromatic hydroxyl groups is 1. The van der Waals surface area contributed by atoms with Crippen LogP contribution in [0.4, 0.5) is 0 Å². The summed E-state index contributed by atoms with van der Waals surface area (Å²) in [6.45, 7) is 0.160. The summed E-state index contributed by atoms with van der Waals surface area (Å²) in [5.41, 5.74) is 0.787. The number of halogens is 3. The molecule has 1 N–H and O–H groups in total. The lowest BCUT2D eigenvalue weighted by Gasteiger charge is -2.51. The van der Waals surface area contributed by atoms with Gasteiger partial charge in [-0.25, -0.2) is 0 Å². The van der Waals surface area contributed by atoms with Gasteiger partial charge in [0.2, 0.25) is 11.8 Å². The van der Waals surface area contributed by atoms with Gasteiger partial charge < -0.3 is 14.6 Å². The second-order valence-electron chi connectivity index (χ2n) is 10.6. The van der Waals surface area contributed by atoms with Gasteiger partial charge in [-0.15, -0.1) is 34.5 Å². The minimum atomic E-state index is -2.02. The van der Waals surface area contributed by atoms with E-state index in [1.807, 2.05) is 23.6 Å². The Balaban J connectivity index is 1.55. The number of nitrogens with zero attached hydrogens (tertiary/aromatic N) is 2. The molecule has 6 rings (SSSR count). The molecule has 9 nitrogen and oxygen atoms in total. The average Bonchev–Trinajstić information content (AvgIpc) is 3.59. The minimum Gasteiger partial charge on any atom is -0.508 e. The second-order valence-corrected chi connectivity index (χ2v) is 13.4. The maximum atomic E-state index is 14.0. The highest BCUT2D eigenvalue weighted by atomic mass is 79.9. The van der Waals surface area contributed by atoms with Crippen LogP contribution in [0.25, 0.3) is 0 Å². The quantitative estimate of drug-likeness (QED) is 0.208. The van der Waals surface area contributed by atoms with Gasteiger partial charge in [0.05, 0.1) is 38.1 Å². The van der Waals surface area contributed by atoms with E-state index in [4.69, 9.17) is 32.7 Å². The third-order valence-corrected chi connectivity index (χ3v) is 11.6. The van der Waals surface area contributed by atoms with E-state index in [1.54, 1.807) is 0 Å². The fourth-order valence-corrected chi connectivity index (χ4v) is 9.16. The standard InChI is InChI=1S/C28H25BrCl2N2O7S/c1-39-18-8-13(34)9-19(40-2)21(18)22-15-5-6-16-20(24(36)32(23(16)35)11-14-4-3-7-41-14)17(15)10-27(30)25(37)33(12-29)26(38)28(22,27)31/h3-5,7-9,16-17,20,22,34H,6,10-12H2,1-2H3. The summed E-state index contributed by atoms with van der Waals surface area (Å²) in [6, 6.07) is 6.45. The van der Waals surface area contributed by atoms with E-state index in [0.29, 0.717) is 11.1 Å². The number of benzene rings is 1. The molecule has 1 saturated carbocycles. The predicted octanol–water partition coefficient (Wildman–Crippen LogP) is 4.38. The normalized spacial score (nSPS) is 32.6. The Morgan fingerprint density at radius 3 is 2.32 bits per heavy atom. The Labute approximate surface area is 258 Å². The number of carbonyl (C=O) groups excluding carboxylic acids is 4. The Morgan fingerprint density at radius 1 is 1.05 bits per heavy atom. The van der Waals surface area contributed by atoms with Crippen molar-refractivity contribution in [3.05, 3.63) is 51.7 Å². The minimum absolute atomic E-state index is 0.121. The van der Waals surface area contributed by atoms with Crippen LogP contribution in [0.1, 0.15) is 29.2 Å². The molecule has 3 heterocycles. The number of hydrogen-bond donors (Lipinski definition) is 1. The van der Waals surface area contributed by atoms with Crippen molar-refractivity contribution in [1.82, 2.24) is 9.80 Å². The molecule has 13 heteroatoms. The van der Waals surface area contributed by atoms with Gasteiger partial charge in [0.25, 0.3) is 11.8 Å². The number of ether oxygens (including phenoxy) is 2. The van der Waals surface area contributed by atoms with Gasteiger partial charge >= 0.3 is 0 Å². The third-order valence-electron chi connectivity index (χ3n) is 8.82. The average molecular weight is 684 g/mol. The first kappa shape index (κ1) is 28.5. The van der Waals surface area contributed by atoms with E-state index in [9.17, 15) is 24.3 Å². The van der Waals surface area contributed by atoms with Crippen LogP contribution in [-0.4, -0.2) is 68.0 Å². The summed E-state index contributed by atoms with van der Waals surface area (Å²) in [5, 5.41) is 12.2. The number of methoxy groups -OCH3 is 2. The largest absolute Gasteiger partial charge is 0.508 e. The van der Waals surface area contributed by atoms with Gasteiger partial charge in [-0.1, -0.05) is 33.6 Å². The summed E-state index contributed by atoms with van der Waals surface area (Å²) >= 11 is 19.2. The first-order valence-electron chi connectivity index (χ1n) is 12.9. The highest BCUT2D eigenvalue weighted by molar-refractivity contribution is 9.09. The second kappa shape index (κ2) is 10.00. The van der Waals surface area contributed by atoms with E-state index in [1.165, 1.54) is 42.6 Å². The number of amides is 4. The van der Waals surface area contributed by atoms with Crippen LogP contribution in [0.2, 0.25) is 0 Å². The van der Waals surface area contributed by atoms with E-state index >= 15 is 0 Å². The smallest absolute Gasteiger partial charge is 0.254 e. The van der Waals surface area contributed by atoms with Gasteiger partial charge in [-0.2, -0.15) is 0 Å². The molecule has 2 aromatic rings. The molecule has 3 fully saturated rings.